The number of carbonyl (C=O) groups is 1. The van der Waals surface area contributed by atoms with Crippen molar-refractivity contribution in [3.63, 3.8) is 0 Å². The first kappa shape index (κ1) is 18.2. The molecule has 1 rings (SSSR count). The minimum atomic E-state index is 0.117. The van der Waals surface area contributed by atoms with Crippen LogP contribution in [0.25, 0.3) is 0 Å². The van der Waals surface area contributed by atoms with E-state index in [-0.39, 0.29) is 11.9 Å². The minimum absolute atomic E-state index is 0.117. The van der Waals surface area contributed by atoms with E-state index in [1.807, 2.05) is 0 Å². The molecule has 21 heavy (non-hydrogen) atoms. The molecule has 0 aromatic rings. The summed E-state index contributed by atoms with van der Waals surface area (Å²) in [5.41, 5.74) is 1.37. The number of hydroxylamine groups is 2. The van der Waals surface area contributed by atoms with E-state index in [0.717, 1.165) is 19.3 Å². The quantitative estimate of drug-likeness (QED) is 0.636. The third kappa shape index (κ3) is 7.66. The van der Waals surface area contributed by atoms with Crippen LogP contribution in [0.2, 0.25) is 0 Å². The summed E-state index contributed by atoms with van der Waals surface area (Å²) < 4.78 is 0. The Hall–Kier alpha value is -0.830. The molecule has 1 aliphatic heterocycles. The minimum Gasteiger partial charge on any atom is -0.274 e. The van der Waals surface area contributed by atoms with Crippen molar-refractivity contribution < 1.29 is 9.63 Å². The van der Waals surface area contributed by atoms with E-state index >= 15 is 0 Å². The summed E-state index contributed by atoms with van der Waals surface area (Å²) in [6.45, 7) is 4.24. The van der Waals surface area contributed by atoms with Gasteiger partial charge in [0, 0.05) is 6.42 Å². The fourth-order valence-corrected chi connectivity index (χ4v) is 3.10. The SMILES string of the molecule is CON1C(=O)CCCCCCCCCC/C=C(\C)CC1C. The fraction of sp³-hybridized carbons (Fsp3) is 0.833. The number of amides is 1. The zero-order valence-electron chi connectivity index (χ0n) is 14.2. The van der Waals surface area contributed by atoms with Gasteiger partial charge in [0.25, 0.3) is 0 Å². The molecule has 1 aliphatic rings. The highest BCUT2D eigenvalue weighted by atomic mass is 16.7. The molecule has 0 aromatic carbocycles. The number of hydrogen-bond acceptors (Lipinski definition) is 2. The highest BCUT2D eigenvalue weighted by Gasteiger charge is 2.19. The number of nitrogens with zero attached hydrogens (tertiary/aromatic N) is 1. The Morgan fingerprint density at radius 2 is 1.62 bits per heavy atom. The second-order valence-corrected chi connectivity index (χ2v) is 6.37. The lowest BCUT2D eigenvalue weighted by molar-refractivity contribution is -0.186. The van der Waals surface area contributed by atoms with Crippen molar-refractivity contribution in [2.24, 2.45) is 0 Å². The van der Waals surface area contributed by atoms with Crippen molar-refractivity contribution in [3.05, 3.63) is 11.6 Å². The first-order valence-electron chi connectivity index (χ1n) is 8.67. The first-order chi connectivity index (χ1) is 10.1. The molecule has 0 N–H and O–H groups in total. The highest BCUT2D eigenvalue weighted by molar-refractivity contribution is 5.75. The summed E-state index contributed by atoms with van der Waals surface area (Å²) in [4.78, 5) is 17.6. The van der Waals surface area contributed by atoms with E-state index in [0.29, 0.717) is 6.42 Å². The zero-order valence-corrected chi connectivity index (χ0v) is 14.2. The van der Waals surface area contributed by atoms with Crippen molar-refractivity contribution in [1.82, 2.24) is 5.06 Å². The van der Waals surface area contributed by atoms with Crippen molar-refractivity contribution in [1.29, 1.82) is 0 Å². The molecule has 3 heteroatoms. The first-order valence-corrected chi connectivity index (χ1v) is 8.67. The summed E-state index contributed by atoms with van der Waals surface area (Å²) in [7, 11) is 1.60. The lowest BCUT2D eigenvalue weighted by atomic mass is 10.0. The van der Waals surface area contributed by atoms with Gasteiger partial charge in [0.15, 0.2) is 0 Å². The lowest BCUT2D eigenvalue weighted by Gasteiger charge is -2.27. The predicted octanol–water partition coefficient (Wildman–Crippen LogP) is 5.02. The normalized spacial score (nSPS) is 27.2. The molecule has 1 heterocycles. The van der Waals surface area contributed by atoms with Crippen LogP contribution in [0.4, 0.5) is 0 Å². The third-order valence-electron chi connectivity index (χ3n) is 4.30. The molecule has 0 aromatic heterocycles. The summed E-state index contributed by atoms with van der Waals surface area (Å²) >= 11 is 0. The van der Waals surface area contributed by atoms with Crippen LogP contribution >= 0.6 is 0 Å². The molecular weight excluding hydrogens is 262 g/mol. The van der Waals surface area contributed by atoms with Crippen LogP contribution in [-0.4, -0.2) is 24.1 Å². The van der Waals surface area contributed by atoms with Gasteiger partial charge in [0.2, 0.25) is 5.91 Å². The molecule has 0 saturated carbocycles. The Bertz CT molecular complexity index is 325. The van der Waals surface area contributed by atoms with Gasteiger partial charge in [-0.05, 0) is 39.5 Å². The number of rotatable bonds is 1. The zero-order chi connectivity index (χ0) is 15.5. The van der Waals surface area contributed by atoms with Gasteiger partial charge < -0.3 is 0 Å². The summed E-state index contributed by atoms with van der Waals surface area (Å²) in [5.74, 6) is 0.130. The molecule has 0 aliphatic carbocycles. The predicted molar refractivity (Wildman–Crippen MR) is 87.9 cm³/mol. The Balaban J connectivity index is 2.59. The Labute approximate surface area is 130 Å². The van der Waals surface area contributed by atoms with Crippen molar-refractivity contribution >= 4 is 5.91 Å². The van der Waals surface area contributed by atoms with Gasteiger partial charge in [-0.1, -0.05) is 50.2 Å². The second-order valence-electron chi connectivity index (χ2n) is 6.37. The van der Waals surface area contributed by atoms with Gasteiger partial charge in [0.1, 0.15) is 0 Å². The molecule has 1 unspecified atom stereocenters. The van der Waals surface area contributed by atoms with Crippen molar-refractivity contribution in [3.8, 4) is 0 Å². The third-order valence-corrected chi connectivity index (χ3v) is 4.30. The molecule has 1 atom stereocenters. The largest absolute Gasteiger partial charge is 0.274 e. The van der Waals surface area contributed by atoms with Crippen LogP contribution in [0, 0.1) is 0 Å². The van der Waals surface area contributed by atoms with Crippen LogP contribution in [0.3, 0.4) is 0 Å². The maximum absolute atomic E-state index is 12.2. The van der Waals surface area contributed by atoms with Crippen LogP contribution in [0.15, 0.2) is 11.6 Å². The average Bonchev–Trinajstić information content (AvgIpc) is 2.44. The van der Waals surface area contributed by atoms with Crippen molar-refractivity contribution in [2.75, 3.05) is 7.11 Å². The lowest BCUT2D eigenvalue weighted by Crippen LogP contribution is -2.37. The van der Waals surface area contributed by atoms with Crippen LogP contribution in [-0.2, 0) is 9.63 Å². The second kappa shape index (κ2) is 10.8. The number of allylic oxidation sites excluding steroid dienone is 1. The summed E-state index contributed by atoms with van der Waals surface area (Å²) in [6.07, 6.45) is 15.1. The molecule has 122 valence electrons. The van der Waals surface area contributed by atoms with Crippen LogP contribution in [0.5, 0.6) is 0 Å². The van der Waals surface area contributed by atoms with Gasteiger partial charge in [0.05, 0.1) is 13.2 Å². The molecular formula is C18H33NO2. The summed E-state index contributed by atoms with van der Waals surface area (Å²) in [5, 5.41) is 1.57. The van der Waals surface area contributed by atoms with Gasteiger partial charge >= 0.3 is 0 Å². The standard InChI is InChI=1S/C18H33NO2/c1-16-13-11-9-7-5-4-6-8-10-12-14-18(20)19(21-3)17(2)15-16/h13,17H,4-12,14-15H2,1-3H3/b16-13+. The Morgan fingerprint density at radius 3 is 2.24 bits per heavy atom. The van der Waals surface area contributed by atoms with Gasteiger partial charge in [-0.2, -0.15) is 0 Å². The fourth-order valence-electron chi connectivity index (χ4n) is 3.10. The van der Waals surface area contributed by atoms with Gasteiger partial charge in [-0.25, -0.2) is 5.06 Å². The monoisotopic (exact) mass is 295 g/mol. The smallest absolute Gasteiger partial charge is 0.246 e. The average molecular weight is 295 g/mol. The highest BCUT2D eigenvalue weighted by Crippen LogP contribution is 2.17. The van der Waals surface area contributed by atoms with E-state index in [9.17, 15) is 4.79 Å². The van der Waals surface area contributed by atoms with E-state index in [2.05, 4.69) is 19.9 Å². The Morgan fingerprint density at radius 1 is 1.05 bits per heavy atom. The number of hydrogen-bond donors (Lipinski definition) is 0. The molecule has 3 nitrogen and oxygen atoms in total. The van der Waals surface area contributed by atoms with Crippen LogP contribution < -0.4 is 0 Å². The topological polar surface area (TPSA) is 29.5 Å². The van der Waals surface area contributed by atoms with Gasteiger partial charge in [-0.3, -0.25) is 9.63 Å². The van der Waals surface area contributed by atoms with Crippen molar-refractivity contribution in [2.45, 2.75) is 90.5 Å². The van der Waals surface area contributed by atoms with E-state index < -0.39 is 0 Å². The molecule has 0 saturated heterocycles. The van der Waals surface area contributed by atoms with E-state index in [1.165, 1.54) is 50.5 Å². The molecule has 0 bridgehead atoms. The maximum atomic E-state index is 12.2. The number of carbonyl (C=O) groups excluding carboxylic acids is 1. The van der Waals surface area contributed by atoms with Gasteiger partial charge in [-0.15, -0.1) is 0 Å². The molecule has 0 radical (unpaired) electrons. The van der Waals surface area contributed by atoms with E-state index in [1.54, 1.807) is 12.2 Å². The van der Waals surface area contributed by atoms with Crippen LogP contribution in [0.1, 0.15) is 84.5 Å². The molecule has 0 spiro atoms. The maximum Gasteiger partial charge on any atom is 0.246 e. The summed E-state index contributed by atoms with van der Waals surface area (Å²) in [6, 6.07) is 0.117. The molecule has 1 amide bonds. The molecule has 0 fully saturated rings. The van der Waals surface area contributed by atoms with E-state index in [4.69, 9.17) is 4.84 Å². The Kier molecular flexibility index (Phi) is 9.40.